The topological polar surface area (TPSA) is 49.4 Å². The predicted octanol–water partition coefficient (Wildman–Crippen LogP) is 3.36. The van der Waals surface area contributed by atoms with Crippen molar-refractivity contribution in [2.24, 2.45) is 0 Å². The average molecular weight is 308 g/mol. The molecule has 2 aromatic carbocycles. The molecule has 0 saturated carbocycles. The van der Waals surface area contributed by atoms with Crippen LogP contribution in [0.2, 0.25) is 0 Å². The van der Waals surface area contributed by atoms with Gasteiger partial charge in [0.15, 0.2) is 0 Å². The number of carbonyl (C=O) groups is 2. The van der Waals surface area contributed by atoms with E-state index in [1.165, 1.54) is 4.90 Å². The lowest BCUT2D eigenvalue weighted by Gasteiger charge is -2.20. The van der Waals surface area contributed by atoms with Crippen LogP contribution >= 0.6 is 0 Å². The maximum absolute atomic E-state index is 12.7. The molecule has 3 rings (SSSR count). The third-order valence-corrected chi connectivity index (χ3v) is 4.20. The Morgan fingerprint density at radius 1 is 0.957 bits per heavy atom. The first-order valence-electron chi connectivity index (χ1n) is 7.73. The van der Waals surface area contributed by atoms with Gasteiger partial charge in [0.1, 0.15) is 6.04 Å². The van der Waals surface area contributed by atoms with Crippen LogP contribution in [0.5, 0.6) is 0 Å². The number of benzene rings is 2. The molecule has 0 aromatic heterocycles. The summed E-state index contributed by atoms with van der Waals surface area (Å²) in [5, 5.41) is 3.17. The van der Waals surface area contributed by atoms with Crippen LogP contribution in [0.1, 0.15) is 23.1 Å². The highest BCUT2D eigenvalue weighted by Gasteiger charge is 2.40. The van der Waals surface area contributed by atoms with E-state index in [4.69, 9.17) is 0 Å². The van der Waals surface area contributed by atoms with Gasteiger partial charge in [-0.3, -0.25) is 9.59 Å². The Balaban J connectivity index is 1.87. The van der Waals surface area contributed by atoms with Crippen LogP contribution < -0.4 is 10.2 Å². The summed E-state index contributed by atoms with van der Waals surface area (Å²) >= 11 is 0. The van der Waals surface area contributed by atoms with Crippen LogP contribution in [-0.2, 0) is 9.59 Å². The number of imide groups is 1. The Morgan fingerprint density at radius 3 is 2.17 bits per heavy atom. The minimum absolute atomic E-state index is 0.156. The zero-order valence-corrected chi connectivity index (χ0v) is 13.6. The van der Waals surface area contributed by atoms with Gasteiger partial charge in [-0.05, 0) is 44.0 Å². The first-order chi connectivity index (χ1) is 11.0. The summed E-state index contributed by atoms with van der Waals surface area (Å²) in [6.45, 7) is 5.85. The molecule has 1 aliphatic rings. The summed E-state index contributed by atoms with van der Waals surface area (Å²) in [5.74, 6) is -0.343. The van der Waals surface area contributed by atoms with Crippen molar-refractivity contribution in [1.82, 2.24) is 0 Å². The number of para-hydroxylation sites is 1. The van der Waals surface area contributed by atoms with Crippen molar-refractivity contribution in [1.29, 1.82) is 0 Å². The second kappa shape index (κ2) is 5.88. The Labute approximate surface area is 136 Å². The molecule has 1 saturated heterocycles. The van der Waals surface area contributed by atoms with Crippen molar-refractivity contribution in [3.05, 3.63) is 59.2 Å². The van der Waals surface area contributed by atoms with Crippen molar-refractivity contribution in [2.75, 3.05) is 10.2 Å². The second-order valence-electron chi connectivity index (χ2n) is 6.07. The summed E-state index contributed by atoms with van der Waals surface area (Å²) in [6.07, 6.45) is 0.181. The van der Waals surface area contributed by atoms with Gasteiger partial charge in [-0.2, -0.15) is 0 Å². The van der Waals surface area contributed by atoms with E-state index in [9.17, 15) is 9.59 Å². The summed E-state index contributed by atoms with van der Waals surface area (Å²) in [4.78, 5) is 26.5. The molecule has 1 unspecified atom stereocenters. The molecule has 1 N–H and O–H groups in total. The van der Waals surface area contributed by atoms with Crippen LogP contribution in [-0.4, -0.2) is 17.9 Å². The number of hydrogen-bond donors (Lipinski definition) is 1. The summed E-state index contributed by atoms with van der Waals surface area (Å²) < 4.78 is 0. The third kappa shape index (κ3) is 2.84. The molecule has 1 aliphatic heterocycles. The molecule has 0 aliphatic carbocycles. The number of nitrogens with one attached hydrogen (secondary N) is 1. The maximum Gasteiger partial charge on any atom is 0.256 e. The molecule has 118 valence electrons. The summed E-state index contributed by atoms with van der Waals surface area (Å²) in [5.41, 5.74) is 4.59. The van der Waals surface area contributed by atoms with Crippen molar-refractivity contribution in [3.63, 3.8) is 0 Å². The Kier molecular flexibility index (Phi) is 3.90. The van der Waals surface area contributed by atoms with E-state index in [-0.39, 0.29) is 18.2 Å². The molecular formula is C19H20N2O2. The van der Waals surface area contributed by atoms with E-state index in [1.54, 1.807) is 0 Å². The lowest BCUT2D eigenvalue weighted by atomic mass is 10.1. The van der Waals surface area contributed by atoms with E-state index in [0.717, 1.165) is 28.1 Å². The Hall–Kier alpha value is -2.62. The minimum atomic E-state index is -0.510. The van der Waals surface area contributed by atoms with Gasteiger partial charge in [-0.25, -0.2) is 4.90 Å². The molecule has 2 aromatic rings. The molecule has 2 amide bonds. The van der Waals surface area contributed by atoms with Gasteiger partial charge in [0.2, 0.25) is 5.91 Å². The van der Waals surface area contributed by atoms with Gasteiger partial charge in [-0.15, -0.1) is 0 Å². The number of hydrogen-bond acceptors (Lipinski definition) is 3. The Bertz CT molecular complexity index is 745. The minimum Gasteiger partial charge on any atom is -0.373 e. The van der Waals surface area contributed by atoms with Gasteiger partial charge in [-0.1, -0.05) is 35.9 Å². The van der Waals surface area contributed by atoms with Crippen molar-refractivity contribution in [2.45, 2.75) is 33.2 Å². The predicted molar refractivity (Wildman–Crippen MR) is 91.6 cm³/mol. The molecule has 0 bridgehead atoms. The molecule has 23 heavy (non-hydrogen) atoms. The highest BCUT2D eigenvalue weighted by atomic mass is 16.2. The van der Waals surface area contributed by atoms with Crippen molar-refractivity contribution < 1.29 is 9.59 Å². The third-order valence-electron chi connectivity index (χ3n) is 4.20. The summed E-state index contributed by atoms with van der Waals surface area (Å²) in [6, 6.07) is 13.1. The summed E-state index contributed by atoms with van der Waals surface area (Å²) in [7, 11) is 0. The maximum atomic E-state index is 12.7. The number of carbonyl (C=O) groups excluding carboxylic acids is 2. The average Bonchev–Trinajstić information content (AvgIpc) is 2.77. The first kappa shape index (κ1) is 15.3. The smallest absolute Gasteiger partial charge is 0.256 e. The second-order valence-corrected chi connectivity index (χ2v) is 6.07. The molecule has 1 heterocycles. The fourth-order valence-corrected chi connectivity index (χ4v) is 2.99. The van der Waals surface area contributed by atoms with Crippen molar-refractivity contribution >= 4 is 23.2 Å². The SMILES string of the molecule is Cc1ccc(NC2CC(=O)N(c3c(C)cccc3C)C2=O)cc1. The number of rotatable bonds is 3. The molecule has 0 spiro atoms. The molecule has 0 radical (unpaired) electrons. The van der Waals surface area contributed by atoms with Crippen LogP contribution in [0, 0.1) is 20.8 Å². The standard InChI is InChI=1S/C19H20N2O2/c1-12-7-9-15(10-8-12)20-16-11-17(22)21(19(16)23)18-13(2)5-4-6-14(18)3/h4-10,16,20H,11H2,1-3H3. The van der Waals surface area contributed by atoms with Gasteiger partial charge < -0.3 is 5.32 Å². The molecule has 4 nitrogen and oxygen atoms in total. The fraction of sp³-hybridized carbons (Fsp3) is 0.263. The van der Waals surface area contributed by atoms with Gasteiger partial charge in [0, 0.05) is 5.69 Å². The first-order valence-corrected chi connectivity index (χ1v) is 7.73. The fourth-order valence-electron chi connectivity index (χ4n) is 2.99. The number of aryl methyl sites for hydroxylation is 3. The number of nitrogens with zero attached hydrogens (tertiary/aromatic N) is 1. The zero-order valence-electron chi connectivity index (χ0n) is 13.6. The Morgan fingerprint density at radius 2 is 1.57 bits per heavy atom. The normalized spacial score (nSPS) is 17.7. The van der Waals surface area contributed by atoms with Crippen LogP contribution in [0.15, 0.2) is 42.5 Å². The molecular weight excluding hydrogens is 288 g/mol. The van der Waals surface area contributed by atoms with E-state index in [0.29, 0.717) is 0 Å². The van der Waals surface area contributed by atoms with Gasteiger partial charge in [0.05, 0.1) is 12.1 Å². The number of amides is 2. The monoisotopic (exact) mass is 308 g/mol. The highest BCUT2D eigenvalue weighted by Crippen LogP contribution is 2.30. The quantitative estimate of drug-likeness (QED) is 0.885. The van der Waals surface area contributed by atoms with E-state index < -0.39 is 6.04 Å². The van der Waals surface area contributed by atoms with Gasteiger partial charge in [0.25, 0.3) is 5.91 Å². The largest absolute Gasteiger partial charge is 0.373 e. The number of anilines is 2. The van der Waals surface area contributed by atoms with Crippen LogP contribution in [0.4, 0.5) is 11.4 Å². The lowest BCUT2D eigenvalue weighted by molar-refractivity contribution is -0.121. The lowest BCUT2D eigenvalue weighted by Crippen LogP contribution is -2.35. The van der Waals surface area contributed by atoms with E-state index in [2.05, 4.69) is 5.32 Å². The van der Waals surface area contributed by atoms with Crippen molar-refractivity contribution in [3.8, 4) is 0 Å². The van der Waals surface area contributed by atoms with E-state index >= 15 is 0 Å². The van der Waals surface area contributed by atoms with E-state index in [1.807, 2.05) is 63.2 Å². The van der Waals surface area contributed by atoms with Crippen LogP contribution in [0.25, 0.3) is 0 Å². The van der Waals surface area contributed by atoms with Gasteiger partial charge >= 0.3 is 0 Å². The van der Waals surface area contributed by atoms with Crippen LogP contribution in [0.3, 0.4) is 0 Å². The molecule has 1 fully saturated rings. The zero-order chi connectivity index (χ0) is 16.6. The molecule has 4 heteroatoms. The molecule has 1 atom stereocenters. The highest BCUT2D eigenvalue weighted by molar-refractivity contribution is 6.23.